The van der Waals surface area contributed by atoms with Gasteiger partial charge in [0.1, 0.15) is 0 Å². The molecule has 0 N–H and O–H groups in total. The number of carbonyl (C=O) groups is 1. The van der Waals surface area contributed by atoms with Crippen molar-refractivity contribution in [2.45, 2.75) is 6.92 Å². The predicted molar refractivity (Wildman–Crippen MR) is 84.5 cm³/mol. The second-order valence-electron chi connectivity index (χ2n) is 4.83. The molecule has 0 spiro atoms. The quantitative estimate of drug-likeness (QED) is 0.584. The molecule has 0 radical (unpaired) electrons. The maximum Gasteiger partial charge on any atom is 0.151 e. The van der Waals surface area contributed by atoms with Crippen LogP contribution in [0.15, 0.2) is 54.6 Å². The summed E-state index contributed by atoms with van der Waals surface area (Å²) in [5, 5.41) is 2.86. The Morgan fingerprint density at radius 3 is 2.60 bits per heavy atom. The van der Waals surface area contributed by atoms with Gasteiger partial charge in [-0.1, -0.05) is 54.1 Å². The minimum atomic E-state index is 0.488. The third kappa shape index (κ3) is 2.10. The maximum atomic E-state index is 11.1. The summed E-state index contributed by atoms with van der Waals surface area (Å²) < 4.78 is 0. The molecular weight excluding hydrogens is 268 g/mol. The molecule has 0 amide bonds. The Hall–Kier alpha value is -2.12. The topological polar surface area (TPSA) is 17.1 Å². The van der Waals surface area contributed by atoms with E-state index in [0.717, 1.165) is 17.4 Å². The van der Waals surface area contributed by atoms with Crippen LogP contribution >= 0.6 is 11.6 Å². The third-order valence-corrected chi connectivity index (χ3v) is 3.89. The molecule has 0 atom stereocenters. The summed E-state index contributed by atoms with van der Waals surface area (Å²) in [5.74, 6) is 0. The van der Waals surface area contributed by atoms with Crippen molar-refractivity contribution in [3.63, 3.8) is 0 Å². The van der Waals surface area contributed by atoms with E-state index in [-0.39, 0.29) is 0 Å². The number of rotatable bonds is 2. The lowest BCUT2D eigenvalue weighted by Gasteiger charge is -2.11. The van der Waals surface area contributed by atoms with Crippen molar-refractivity contribution in [1.82, 2.24) is 0 Å². The van der Waals surface area contributed by atoms with Crippen LogP contribution in [0.1, 0.15) is 15.9 Å². The molecular formula is C18H13ClO. The number of aldehydes is 1. The SMILES string of the molecule is Cc1ccc2ccccc2c1-c1ccc(Cl)c(C=O)c1. The fraction of sp³-hybridized carbons (Fsp3) is 0.0556. The minimum Gasteiger partial charge on any atom is -0.298 e. The molecule has 3 rings (SSSR count). The van der Waals surface area contributed by atoms with Crippen molar-refractivity contribution in [2.75, 3.05) is 0 Å². The molecule has 0 saturated heterocycles. The average molecular weight is 281 g/mol. The highest BCUT2D eigenvalue weighted by atomic mass is 35.5. The first-order valence-electron chi connectivity index (χ1n) is 6.44. The zero-order chi connectivity index (χ0) is 14.1. The van der Waals surface area contributed by atoms with Crippen LogP contribution in [-0.2, 0) is 0 Å². The van der Waals surface area contributed by atoms with Crippen molar-refractivity contribution in [1.29, 1.82) is 0 Å². The summed E-state index contributed by atoms with van der Waals surface area (Å²) in [5.41, 5.74) is 3.88. The lowest BCUT2D eigenvalue weighted by Crippen LogP contribution is -1.89. The molecule has 1 nitrogen and oxygen atoms in total. The zero-order valence-corrected chi connectivity index (χ0v) is 11.8. The molecule has 3 aromatic carbocycles. The summed E-state index contributed by atoms with van der Waals surface area (Å²) in [4.78, 5) is 11.1. The number of hydrogen-bond donors (Lipinski definition) is 0. The summed E-state index contributed by atoms with van der Waals surface area (Å²) in [6.07, 6.45) is 0.798. The Morgan fingerprint density at radius 1 is 1.00 bits per heavy atom. The first-order chi connectivity index (χ1) is 9.70. The van der Waals surface area contributed by atoms with Gasteiger partial charge in [-0.2, -0.15) is 0 Å². The highest BCUT2D eigenvalue weighted by molar-refractivity contribution is 6.33. The largest absolute Gasteiger partial charge is 0.298 e. The van der Waals surface area contributed by atoms with Crippen LogP contribution < -0.4 is 0 Å². The van der Waals surface area contributed by atoms with Crippen molar-refractivity contribution < 1.29 is 4.79 Å². The van der Waals surface area contributed by atoms with E-state index in [1.165, 1.54) is 16.3 Å². The van der Waals surface area contributed by atoms with Gasteiger partial charge in [-0.05, 0) is 46.5 Å². The summed E-state index contributed by atoms with van der Waals surface area (Å²) >= 11 is 6.01. The molecule has 0 bridgehead atoms. The van der Waals surface area contributed by atoms with Crippen molar-refractivity contribution in [3.05, 3.63) is 70.7 Å². The molecule has 98 valence electrons. The standard InChI is InChI=1S/C18H13ClO/c1-12-6-7-13-4-2-3-5-16(13)18(12)14-8-9-17(19)15(10-14)11-20/h2-11H,1H3. The highest BCUT2D eigenvalue weighted by Gasteiger charge is 2.09. The Bertz CT molecular complexity index is 806. The molecule has 20 heavy (non-hydrogen) atoms. The molecule has 0 aliphatic heterocycles. The third-order valence-electron chi connectivity index (χ3n) is 3.55. The number of aryl methyl sites for hydroxylation is 1. The maximum absolute atomic E-state index is 11.1. The lowest BCUT2D eigenvalue weighted by molar-refractivity contribution is 0.112. The Kier molecular flexibility index (Phi) is 3.29. The van der Waals surface area contributed by atoms with E-state index in [0.29, 0.717) is 10.6 Å². The minimum absolute atomic E-state index is 0.488. The number of halogens is 1. The smallest absolute Gasteiger partial charge is 0.151 e. The van der Waals surface area contributed by atoms with Crippen LogP contribution in [0, 0.1) is 6.92 Å². The van der Waals surface area contributed by atoms with Crippen LogP contribution in [0.2, 0.25) is 5.02 Å². The van der Waals surface area contributed by atoms with E-state index in [1.54, 1.807) is 6.07 Å². The van der Waals surface area contributed by atoms with Crippen molar-refractivity contribution >= 4 is 28.7 Å². The van der Waals surface area contributed by atoms with Crippen LogP contribution in [-0.4, -0.2) is 6.29 Å². The predicted octanol–water partition coefficient (Wildman–Crippen LogP) is 5.28. The lowest BCUT2D eigenvalue weighted by atomic mass is 9.93. The number of fused-ring (bicyclic) bond motifs is 1. The van der Waals surface area contributed by atoms with Crippen LogP contribution in [0.25, 0.3) is 21.9 Å². The van der Waals surface area contributed by atoms with Gasteiger partial charge in [-0.15, -0.1) is 0 Å². The van der Waals surface area contributed by atoms with Gasteiger partial charge in [-0.3, -0.25) is 4.79 Å². The summed E-state index contributed by atoms with van der Waals surface area (Å²) in [6.45, 7) is 2.08. The van der Waals surface area contributed by atoms with Gasteiger partial charge in [0.05, 0.1) is 5.02 Å². The first kappa shape index (κ1) is 12.9. The summed E-state index contributed by atoms with van der Waals surface area (Å²) in [7, 11) is 0. The Labute approximate surface area is 122 Å². The Morgan fingerprint density at radius 2 is 1.80 bits per heavy atom. The molecule has 0 fully saturated rings. The second-order valence-corrected chi connectivity index (χ2v) is 5.24. The van der Waals surface area contributed by atoms with Gasteiger partial charge in [0.15, 0.2) is 6.29 Å². The molecule has 0 saturated carbocycles. The van der Waals surface area contributed by atoms with E-state index in [1.807, 2.05) is 24.3 Å². The van der Waals surface area contributed by atoms with Gasteiger partial charge in [0.25, 0.3) is 0 Å². The summed E-state index contributed by atoms with van der Waals surface area (Å²) in [6, 6.07) is 18.1. The number of hydrogen-bond acceptors (Lipinski definition) is 1. The fourth-order valence-electron chi connectivity index (χ4n) is 2.55. The second kappa shape index (κ2) is 5.10. The van der Waals surface area contributed by atoms with E-state index in [4.69, 9.17) is 11.6 Å². The molecule has 0 aromatic heterocycles. The van der Waals surface area contributed by atoms with Crippen LogP contribution in [0.5, 0.6) is 0 Å². The monoisotopic (exact) mass is 280 g/mol. The highest BCUT2D eigenvalue weighted by Crippen LogP contribution is 2.33. The van der Waals surface area contributed by atoms with Crippen molar-refractivity contribution in [2.24, 2.45) is 0 Å². The van der Waals surface area contributed by atoms with Gasteiger partial charge in [-0.25, -0.2) is 0 Å². The normalized spacial score (nSPS) is 10.7. The number of benzene rings is 3. The molecule has 0 heterocycles. The molecule has 0 aliphatic rings. The van der Waals surface area contributed by atoms with E-state index in [9.17, 15) is 4.79 Å². The van der Waals surface area contributed by atoms with Gasteiger partial charge in [0, 0.05) is 5.56 Å². The van der Waals surface area contributed by atoms with E-state index >= 15 is 0 Å². The molecule has 3 aromatic rings. The van der Waals surface area contributed by atoms with Gasteiger partial charge >= 0.3 is 0 Å². The zero-order valence-electron chi connectivity index (χ0n) is 11.1. The molecule has 0 aliphatic carbocycles. The van der Waals surface area contributed by atoms with Crippen LogP contribution in [0.3, 0.4) is 0 Å². The van der Waals surface area contributed by atoms with E-state index < -0.39 is 0 Å². The fourth-order valence-corrected chi connectivity index (χ4v) is 2.72. The molecule has 0 unspecified atom stereocenters. The van der Waals surface area contributed by atoms with E-state index in [2.05, 4.69) is 31.2 Å². The van der Waals surface area contributed by atoms with Crippen LogP contribution in [0.4, 0.5) is 0 Å². The average Bonchev–Trinajstić information content (AvgIpc) is 2.48. The van der Waals surface area contributed by atoms with Crippen molar-refractivity contribution in [3.8, 4) is 11.1 Å². The number of carbonyl (C=O) groups excluding carboxylic acids is 1. The Balaban J connectivity index is 2.34. The first-order valence-corrected chi connectivity index (χ1v) is 6.82. The van der Waals surface area contributed by atoms with Gasteiger partial charge < -0.3 is 0 Å². The molecule has 2 heteroatoms. The van der Waals surface area contributed by atoms with Gasteiger partial charge in [0.2, 0.25) is 0 Å².